The maximum Gasteiger partial charge on any atom is 0.297 e. The van der Waals surface area contributed by atoms with E-state index in [4.69, 9.17) is 14.2 Å². The number of aryl methyl sites for hydroxylation is 1. The second kappa shape index (κ2) is 9.50. The van der Waals surface area contributed by atoms with Crippen molar-refractivity contribution in [1.82, 2.24) is 4.57 Å². The highest BCUT2D eigenvalue weighted by atomic mass is 16.5. The summed E-state index contributed by atoms with van der Waals surface area (Å²) in [6, 6.07) is 15.8. The molecule has 0 aliphatic heterocycles. The van der Waals surface area contributed by atoms with Crippen LogP contribution in [-0.4, -0.2) is 17.8 Å². The molecule has 5 heteroatoms. The van der Waals surface area contributed by atoms with Crippen LogP contribution in [0.5, 0.6) is 17.2 Å². The Morgan fingerprint density at radius 2 is 1.79 bits per heavy atom. The fourth-order valence-corrected chi connectivity index (χ4v) is 3.29. The minimum Gasteiger partial charge on any atom is -0.492 e. The van der Waals surface area contributed by atoms with E-state index in [0.717, 1.165) is 29.3 Å². The molecular weight excluding hydrogens is 366 g/mol. The Kier molecular flexibility index (Phi) is 6.81. The Labute approximate surface area is 171 Å². The Morgan fingerprint density at radius 3 is 2.45 bits per heavy atom. The number of hydrogen-bond acceptors (Lipinski definition) is 4. The van der Waals surface area contributed by atoms with Crippen LogP contribution in [0, 0.1) is 0 Å². The number of ether oxygens (including phenoxy) is 3. The first-order chi connectivity index (χ1) is 14.0. The molecule has 0 saturated heterocycles. The molecule has 3 aromatic rings. The molecule has 29 heavy (non-hydrogen) atoms. The molecule has 1 heterocycles. The highest BCUT2D eigenvalue weighted by Gasteiger charge is 2.20. The molecule has 0 unspecified atom stereocenters. The van der Waals surface area contributed by atoms with E-state index in [9.17, 15) is 4.79 Å². The van der Waals surface area contributed by atoms with Crippen LogP contribution in [0.15, 0.2) is 53.3 Å². The minimum absolute atomic E-state index is 0.123. The summed E-state index contributed by atoms with van der Waals surface area (Å²) in [7, 11) is 1.57. The first kappa shape index (κ1) is 20.8. The van der Waals surface area contributed by atoms with E-state index in [2.05, 4.69) is 6.92 Å². The monoisotopic (exact) mass is 395 g/mol. The highest BCUT2D eigenvalue weighted by molar-refractivity contribution is 5.89. The van der Waals surface area contributed by atoms with Crippen LogP contribution in [-0.2, 0) is 13.2 Å². The van der Waals surface area contributed by atoms with Gasteiger partial charge in [0.15, 0.2) is 5.75 Å². The van der Waals surface area contributed by atoms with Crippen molar-refractivity contribution in [2.45, 2.75) is 52.9 Å². The van der Waals surface area contributed by atoms with E-state index < -0.39 is 0 Å². The number of rotatable bonds is 9. The average molecular weight is 395 g/mol. The summed E-state index contributed by atoms with van der Waals surface area (Å²) >= 11 is 0. The van der Waals surface area contributed by atoms with Crippen molar-refractivity contribution in [3.63, 3.8) is 0 Å². The van der Waals surface area contributed by atoms with E-state index in [1.807, 2.05) is 62.4 Å². The standard InChI is InChI=1S/C24H29NO4/c1-5-6-14-25-21-15-19(28-16-18-10-8-7-9-11-18)12-13-20(21)22(27-4)23(24(25)26)29-17(2)3/h7-13,15,17H,5-6,14,16H2,1-4H3. The van der Waals surface area contributed by atoms with E-state index in [1.54, 1.807) is 11.7 Å². The van der Waals surface area contributed by atoms with Crippen LogP contribution in [0.25, 0.3) is 10.9 Å². The molecule has 5 nitrogen and oxygen atoms in total. The lowest BCUT2D eigenvalue weighted by molar-refractivity contribution is 0.226. The van der Waals surface area contributed by atoms with E-state index in [-0.39, 0.29) is 17.4 Å². The van der Waals surface area contributed by atoms with Crippen molar-refractivity contribution in [3.05, 3.63) is 64.4 Å². The first-order valence-electron chi connectivity index (χ1n) is 10.1. The summed E-state index contributed by atoms with van der Waals surface area (Å²) in [6.45, 7) is 7.00. The molecule has 3 rings (SSSR count). The van der Waals surface area contributed by atoms with Crippen molar-refractivity contribution >= 4 is 10.9 Å². The molecule has 0 aliphatic carbocycles. The quantitative estimate of drug-likeness (QED) is 0.501. The number of nitrogens with zero attached hydrogens (tertiary/aromatic N) is 1. The van der Waals surface area contributed by atoms with E-state index in [1.165, 1.54) is 0 Å². The number of fused-ring (bicyclic) bond motifs is 1. The molecule has 0 saturated carbocycles. The van der Waals surface area contributed by atoms with Crippen LogP contribution >= 0.6 is 0 Å². The van der Waals surface area contributed by atoms with Gasteiger partial charge in [0.05, 0.1) is 18.7 Å². The number of hydrogen-bond donors (Lipinski definition) is 0. The predicted octanol–water partition coefficient (Wildman–Crippen LogP) is 5.18. The van der Waals surface area contributed by atoms with Gasteiger partial charge in [-0.3, -0.25) is 4.79 Å². The fourth-order valence-electron chi connectivity index (χ4n) is 3.29. The zero-order valence-electron chi connectivity index (χ0n) is 17.6. The third-order valence-electron chi connectivity index (χ3n) is 4.69. The smallest absolute Gasteiger partial charge is 0.297 e. The Hall–Kier alpha value is -2.95. The van der Waals surface area contributed by atoms with E-state index >= 15 is 0 Å². The maximum absolute atomic E-state index is 13.2. The van der Waals surface area contributed by atoms with Gasteiger partial charge in [-0.05, 0) is 38.0 Å². The molecule has 154 valence electrons. The van der Waals surface area contributed by atoms with Gasteiger partial charge in [-0.15, -0.1) is 0 Å². The lowest BCUT2D eigenvalue weighted by Crippen LogP contribution is -2.25. The number of unbranched alkanes of at least 4 members (excludes halogenated alkanes) is 1. The third-order valence-corrected chi connectivity index (χ3v) is 4.69. The van der Waals surface area contributed by atoms with Crippen LogP contribution in [0.2, 0.25) is 0 Å². The molecule has 0 spiro atoms. The SMILES string of the molecule is CCCCn1c(=O)c(OC(C)C)c(OC)c2ccc(OCc3ccccc3)cc21. The second-order valence-corrected chi connectivity index (χ2v) is 7.29. The lowest BCUT2D eigenvalue weighted by atomic mass is 10.1. The van der Waals surface area contributed by atoms with Gasteiger partial charge in [0, 0.05) is 18.0 Å². The summed E-state index contributed by atoms with van der Waals surface area (Å²) in [5.41, 5.74) is 1.72. The fraction of sp³-hybridized carbons (Fsp3) is 0.375. The number of benzene rings is 2. The van der Waals surface area contributed by atoms with Crippen LogP contribution in [0.3, 0.4) is 0 Å². The molecule has 0 N–H and O–H groups in total. The Morgan fingerprint density at radius 1 is 1.03 bits per heavy atom. The normalized spacial score (nSPS) is 11.1. The van der Waals surface area contributed by atoms with Gasteiger partial charge in [-0.1, -0.05) is 43.7 Å². The molecule has 0 atom stereocenters. The van der Waals surface area contributed by atoms with Gasteiger partial charge in [-0.25, -0.2) is 0 Å². The molecular formula is C24H29NO4. The summed E-state index contributed by atoms with van der Waals surface area (Å²) in [5.74, 6) is 1.45. The summed E-state index contributed by atoms with van der Waals surface area (Å²) in [4.78, 5) is 13.2. The van der Waals surface area contributed by atoms with Crippen molar-refractivity contribution in [2.24, 2.45) is 0 Å². The molecule has 0 radical (unpaired) electrons. The van der Waals surface area contributed by atoms with E-state index in [0.29, 0.717) is 24.7 Å². The minimum atomic E-state index is -0.170. The molecule has 0 amide bonds. The summed E-state index contributed by atoms with van der Waals surface area (Å²) < 4.78 is 19.2. The summed E-state index contributed by atoms with van der Waals surface area (Å²) in [6.07, 6.45) is 1.77. The molecule has 0 aliphatic rings. The first-order valence-corrected chi connectivity index (χ1v) is 10.1. The lowest BCUT2D eigenvalue weighted by Gasteiger charge is -2.19. The van der Waals surface area contributed by atoms with Gasteiger partial charge in [0.25, 0.3) is 5.56 Å². The van der Waals surface area contributed by atoms with Crippen molar-refractivity contribution in [1.29, 1.82) is 0 Å². The van der Waals surface area contributed by atoms with Gasteiger partial charge in [0.2, 0.25) is 5.75 Å². The number of pyridine rings is 1. The number of aromatic nitrogens is 1. The largest absolute Gasteiger partial charge is 0.492 e. The zero-order chi connectivity index (χ0) is 20.8. The Bertz CT molecular complexity index is 1010. The highest BCUT2D eigenvalue weighted by Crippen LogP contribution is 2.35. The van der Waals surface area contributed by atoms with Crippen LogP contribution in [0.4, 0.5) is 0 Å². The Balaban J connectivity index is 2.07. The predicted molar refractivity (Wildman–Crippen MR) is 116 cm³/mol. The number of methoxy groups -OCH3 is 1. The molecule has 2 aromatic carbocycles. The molecule has 0 fully saturated rings. The van der Waals surface area contributed by atoms with Gasteiger partial charge < -0.3 is 18.8 Å². The maximum atomic E-state index is 13.2. The third kappa shape index (κ3) is 4.73. The van der Waals surface area contributed by atoms with Crippen LogP contribution < -0.4 is 19.8 Å². The van der Waals surface area contributed by atoms with Crippen molar-refractivity contribution in [2.75, 3.05) is 7.11 Å². The van der Waals surface area contributed by atoms with Crippen molar-refractivity contribution < 1.29 is 14.2 Å². The average Bonchev–Trinajstić information content (AvgIpc) is 2.73. The summed E-state index contributed by atoms with van der Waals surface area (Å²) in [5, 5.41) is 0.839. The molecule has 0 bridgehead atoms. The van der Waals surface area contributed by atoms with Crippen molar-refractivity contribution in [3.8, 4) is 17.2 Å². The topological polar surface area (TPSA) is 49.7 Å². The van der Waals surface area contributed by atoms with Crippen LogP contribution in [0.1, 0.15) is 39.2 Å². The van der Waals surface area contributed by atoms with Gasteiger partial charge in [0.1, 0.15) is 12.4 Å². The molecule has 1 aromatic heterocycles. The zero-order valence-corrected chi connectivity index (χ0v) is 17.6. The van der Waals surface area contributed by atoms with Gasteiger partial charge in [-0.2, -0.15) is 0 Å². The second-order valence-electron chi connectivity index (χ2n) is 7.29. The van der Waals surface area contributed by atoms with Gasteiger partial charge >= 0.3 is 0 Å².